The summed E-state index contributed by atoms with van der Waals surface area (Å²) < 4.78 is 5.81. The molecule has 0 unspecified atom stereocenters. The van der Waals surface area contributed by atoms with Gasteiger partial charge in [-0.3, -0.25) is 0 Å². The largest absolute Gasteiger partial charge is 0.496 e. The molecule has 0 saturated heterocycles. The molecule has 2 rings (SSSR count). The summed E-state index contributed by atoms with van der Waals surface area (Å²) in [6.45, 7) is 0. The number of ether oxygens (including phenoxy) is 1. The number of methoxy groups -OCH3 is 1. The first-order valence-electron chi connectivity index (χ1n) is 4.32. The molecule has 0 atom stereocenters. The van der Waals surface area contributed by atoms with Crippen LogP contribution in [0.2, 0.25) is 5.02 Å². The van der Waals surface area contributed by atoms with Crippen LogP contribution in [0.1, 0.15) is 0 Å². The van der Waals surface area contributed by atoms with E-state index in [-0.39, 0.29) is 0 Å². The number of aromatic nitrogens is 2. The molecule has 3 nitrogen and oxygen atoms in total. The van der Waals surface area contributed by atoms with Gasteiger partial charge in [0.15, 0.2) is 4.77 Å². The number of aromatic amines is 2. The molecule has 0 aliphatic carbocycles. The van der Waals surface area contributed by atoms with E-state index in [1.54, 1.807) is 19.4 Å². The van der Waals surface area contributed by atoms with Gasteiger partial charge in [-0.2, -0.15) is 0 Å². The third kappa shape index (κ3) is 2.06. The summed E-state index contributed by atoms with van der Waals surface area (Å²) in [5.74, 6) is 0.754. The molecule has 0 bridgehead atoms. The number of benzene rings is 1. The van der Waals surface area contributed by atoms with Gasteiger partial charge in [0.05, 0.1) is 12.8 Å². The molecule has 0 aliphatic heterocycles. The van der Waals surface area contributed by atoms with Gasteiger partial charge in [0.1, 0.15) is 5.75 Å². The van der Waals surface area contributed by atoms with Crippen molar-refractivity contribution in [3.05, 3.63) is 34.2 Å². The lowest BCUT2D eigenvalue weighted by Gasteiger charge is -2.06. The van der Waals surface area contributed by atoms with Crippen molar-refractivity contribution in [1.82, 2.24) is 9.97 Å². The average Bonchev–Trinajstić information content (AvgIpc) is 2.65. The molecule has 78 valence electrons. The van der Waals surface area contributed by atoms with Gasteiger partial charge < -0.3 is 14.7 Å². The Labute approximate surface area is 97.1 Å². The van der Waals surface area contributed by atoms with Crippen LogP contribution in [-0.4, -0.2) is 17.1 Å². The van der Waals surface area contributed by atoms with E-state index in [0.717, 1.165) is 17.0 Å². The second-order valence-corrected chi connectivity index (χ2v) is 3.85. The third-order valence-corrected chi connectivity index (χ3v) is 2.50. The zero-order chi connectivity index (χ0) is 10.8. The fraction of sp³-hybridized carbons (Fsp3) is 0.100. The summed E-state index contributed by atoms with van der Waals surface area (Å²) in [5, 5.41) is 0.659. The van der Waals surface area contributed by atoms with E-state index in [4.69, 9.17) is 28.6 Å². The van der Waals surface area contributed by atoms with E-state index >= 15 is 0 Å². The lowest BCUT2D eigenvalue weighted by molar-refractivity contribution is 0.416. The van der Waals surface area contributed by atoms with Gasteiger partial charge in [-0.05, 0) is 30.4 Å². The van der Waals surface area contributed by atoms with E-state index < -0.39 is 0 Å². The first-order chi connectivity index (χ1) is 7.20. The Morgan fingerprint density at radius 1 is 1.40 bits per heavy atom. The molecule has 1 aromatic carbocycles. The van der Waals surface area contributed by atoms with Crippen molar-refractivity contribution in [1.29, 1.82) is 0 Å². The maximum absolute atomic E-state index is 5.92. The Balaban J connectivity index is 2.59. The van der Waals surface area contributed by atoms with Crippen LogP contribution in [0.25, 0.3) is 11.3 Å². The fourth-order valence-corrected chi connectivity index (χ4v) is 1.71. The number of hydrogen-bond donors (Lipinski definition) is 2. The monoisotopic (exact) mass is 240 g/mol. The van der Waals surface area contributed by atoms with Gasteiger partial charge in [0, 0.05) is 16.8 Å². The van der Waals surface area contributed by atoms with E-state index in [1.807, 2.05) is 12.1 Å². The predicted molar refractivity (Wildman–Crippen MR) is 63.0 cm³/mol. The van der Waals surface area contributed by atoms with Crippen molar-refractivity contribution in [3.8, 4) is 17.0 Å². The average molecular weight is 241 g/mol. The van der Waals surface area contributed by atoms with Crippen LogP contribution in [0, 0.1) is 4.77 Å². The molecule has 0 amide bonds. The first kappa shape index (κ1) is 10.3. The topological polar surface area (TPSA) is 40.8 Å². The maximum Gasteiger partial charge on any atom is 0.174 e. The van der Waals surface area contributed by atoms with Crippen LogP contribution >= 0.6 is 23.8 Å². The summed E-state index contributed by atoms with van der Waals surface area (Å²) in [5.41, 5.74) is 1.75. The molecule has 0 radical (unpaired) electrons. The molecule has 0 aliphatic rings. The minimum atomic E-state index is 0.576. The number of halogens is 1. The van der Waals surface area contributed by atoms with Crippen molar-refractivity contribution in [2.75, 3.05) is 7.11 Å². The van der Waals surface area contributed by atoms with E-state index in [0.29, 0.717) is 9.79 Å². The van der Waals surface area contributed by atoms with Crippen LogP contribution in [0.3, 0.4) is 0 Å². The normalized spacial score (nSPS) is 10.3. The Morgan fingerprint density at radius 3 is 2.80 bits per heavy atom. The van der Waals surface area contributed by atoms with Crippen molar-refractivity contribution < 1.29 is 4.74 Å². The zero-order valence-corrected chi connectivity index (χ0v) is 9.58. The number of hydrogen-bond acceptors (Lipinski definition) is 2. The summed E-state index contributed by atoms with van der Waals surface area (Å²) in [7, 11) is 1.62. The molecule has 2 aromatic rings. The smallest absolute Gasteiger partial charge is 0.174 e. The first-order valence-corrected chi connectivity index (χ1v) is 5.11. The Morgan fingerprint density at radius 2 is 2.20 bits per heavy atom. The number of H-pyrrole nitrogens is 2. The molecule has 1 heterocycles. The third-order valence-electron chi connectivity index (χ3n) is 2.05. The molecule has 15 heavy (non-hydrogen) atoms. The fourth-order valence-electron chi connectivity index (χ4n) is 1.37. The van der Waals surface area contributed by atoms with Crippen molar-refractivity contribution in [3.63, 3.8) is 0 Å². The SMILES string of the molecule is COc1ccc(Cl)cc1-c1c[nH]c(=S)[nH]1. The summed E-state index contributed by atoms with van der Waals surface area (Å²) in [6.07, 6.45) is 1.79. The van der Waals surface area contributed by atoms with E-state index in [1.165, 1.54) is 0 Å². The molecule has 0 fully saturated rings. The van der Waals surface area contributed by atoms with Crippen molar-refractivity contribution >= 4 is 23.8 Å². The minimum absolute atomic E-state index is 0.576. The number of rotatable bonds is 2. The molecular weight excluding hydrogens is 232 g/mol. The maximum atomic E-state index is 5.92. The van der Waals surface area contributed by atoms with Crippen LogP contribution in [-0.2, 0) is 0 Å². The quantitative estimate of drug-likeness (QED) is 0.790. The predicted octanol–water partition coefficient (Wildman–Crippen LogP) is 3.40. The zero-order valence-electron chi connectivity index (χ0n) is 8.00. The molecule has 1 aromatic heterocycles. The van der Waals surface area contributed by atoms with Gasteiger partial charge in [0.2, 0.25) is 0 Å². The van der Waals surface area contributed by atoms with Gasteiger partial charge in [-0.1, -0.05) is 11.6 Å². The van der Waals surface area contributed by atoms with E-state index in [2.05, 4.69) is 9.97 Å². The van der Waals surface area contributed by atoms with Gasteiger partial charge in [-0.15, -0.1) is 0 Å². The Kier molecular flexibility index (Phi) is 2.79. The van der Waals surface area contributed by atoms with Gasteiger partial charge >= 0.3 is 0 Å². The summed E-state index contributed by atoms with van der Waals surface area (Å²) >= 11 is 10.9. The second-order valence-electron chi connectivity index (χ2n) is 3.00. The highest BCUT2D eigenvalue weighted by molar-refractivity contribution is 7.71. The summed E-state index contributed by atoms with van der Waals surface area (Å²) in [6, 6.07) is 5.43. The molecule has 5 heteroatoms. The number of nitrogens with one attached hydrogen (secondary N) is 2. The molecule has 0 saturated carbocycles. The lowest BCUT2D eigenvalue weighted by Crippen LogP contribution is -1.87. The molecule has 2 N–H and O–H groups in total. The highest BCUT2D eigenvalue weighted by atomic mass is 35.5. The highest BCUT2D eigenvalue weighted by Crippen LogP contribution is 2.30. The standard InChI is InChI=1S/C10H9ClN2OS/c1-14-9-3-2-6(11)4-7(9)8-5-12-10(15)13-8/h2-5H,1H3,(H2,12,13,15). The number of imidazole rings is 1. The van der Waals surface area contributed by atoms with Crippen LogP contribution in [0.5, 0.6) is 5.75 Å². The van der Waals surface area contributed by atoms with E-state index in [9.17, 15) is 0 Å². The minimum Gasteiger partial charge on any atom is -0.496 e. The van der Waals surface area contributed by atoms with Crippen molar-refractivity contribution in [2.45, 2.75) is 0 Å². The molecular formula is C10H9ClN2OS. The van der Waals surface area contributed by atoms with Crippen molar-refractivity contribution in [2.24, 2.45) is 0 Å². The van der Waals surface area contributed by atoms with Crippen LogP contribution in [0.15, 0.2) is 24.4 Å². The van der Waals surface area contributed by atoms with Crippen LogP contribution in [0.4, 0.5) is 0 Å². The Hall–Kier alpha value is -1.26. The Bertz CT molecular complexity index is 532. The summed E-state index contributed by atoms with van der Waals surface area (Å²) in [4.78, 5) is 5.91. The lowest BCUT2D eigenvalue weighted by atomic mass is 10.1. The highest BCUT2D eigenvalue weighted by Gasteiger charge is 2.07. The second kappa shape index (κ2) is 4.08. The molecule has 0 spiro atoms. The van der Waals surface area contributed by atoms with Gasteiger partial charge in [-0.25, -0.2) is 0 Å². The van der Waals surface area contributed by atoms with Crippen LogP contribution < -0.4 is 4.74 Å². The van der Waals surface area contributed by atoms with Gasteiger partial charge in [0.25, 0.3) is 0 Å².